The normalized spacial score (nSPS) is 12.8. The summed E-state index contributed by atoms with van der Waals surface area (Å²) in [6, 6.07) is 7.21. The first-order valence-corrected chi connectivity index (χ1v) is 7.34. The van der Waals surface area contributed by atoms with Crippen LogP contribution in [0, 0.1) is 5.92 Å². The molecule has 2 rings (SSSR count). The lowest BCUT2D eigenvalue weighted by Gasteiger charge is -2.28. The molecule has 2 N–H and O–H groups in total. The summed E-state index contributed by atoms with van der Waals surface area (Å²) in [7, 11) is 3.98. The second-order valence-electron chi connectivity index (χ2n) is 5.93. The fraction of sp³-hybridized carbons (Fsp3) is 0.438. The zero-order valence-corrected chi connectivity index (χ0v) is 13.4. The molecule has 0 bridgehead atoms. The Morgan fingerprint density at radius 2 is 1.91 bits per heavy atom. The van der Waals surface area contributed by atoms with Crippen LogP contribution in [0.2, 0.25) is 0 Å². The minimum Gasteiger partial charge on any atom is -0.349 e. The van der Waals surface area contributed by atoms with Gasteiger partial charge in [-0.25, -0.2) is 5.10 Å². The van der Waals surface area contributed by atoms with Crippen molar-refractivity contribution in [3.05, 3.63) is 40.3 Å². The average Bonchev–Trinajstić information content (AvgIpc) is 2.47. The quantitative estimate of drug-likeness (QED) is 0.871. The fourth-order valence-corrected chi connectivity index (χ4v) is 2.58. The van der Waals surface area contributed by atoms with E-state index in [0.29, 0.717) is 23.2 Å². The van der Waals surface area contributed by atoms with Crippen molar-refractivity contribution in [2.24, 2.45) is 5.92 Å². The number of H-pyrrole nitrogens is 1. The van der Waals surface area contributed by atoms with E-state index in [2.05, 4.69) is 34.3 Å². The number of fused-ring (bicyclic) bond motifs is 1. The van der Waals surface area contributed by atoms with Gasteiger partial charge in [-0.2, -0.15) is 5.10 Å². The molecule has 1 aromatic heterocycles. The third kappa shape index (κ3) is 3.33. The molecule has 1 amide bonds. The van der Waals surface area contributed by atoms with Gasteiger partial charge in [0.25, 0.3) is 11.5 Å². The number of nitrogens with one attached hydrogen (secondary N) is 2. The van der Waals surface area contributed by atoms with Crippen LogP contribution in [0.25, 0.3) is 10.8 Å². The summed E-state index contributed by atoms with van der Waals surface area (Å²) in [6.07, 6.45) is 0. The third-order valence-electron chi connectivity index (χ3n) is 3.82. The van der Waals surface area contributed by atoms with Gasteiger partial charge in [0.05, 0.1) is 5.39 Å². The summed E-state index contributed by atoms with van der Waals surface area (Å²) in [5.74, 6) is 0.135. The van der Waals surface area contributed by atoms with E-state index in [9.17, 15) is 9.59 Å². The smallest absolute Gasteiger partial charge is 0.272 e. The van der Waals surface area contributed by atoms with Crippen molar-refractivity contribution in [1.82, 2.24) is 20.4 Å². The number of hydrogen-bond donors (Lipinski definition) is 2. The Morgan fingerprint density at radius 3 is 2.50 bits per heavy atom. The number of nitrogens with zero attached hydrogens (tertiary/aromatic N) is 2. The average molecular weight is 302 g/mol. The molecule has 22 heavy (non-hydrogen) atoms. The zero-order valence-electron chi connectivity index (χ0n) is 13.4. The van der Waals surface area contributed by atoms with Crippen LogP contribution in [0.3, 0.4) is 0 Å². The van der Waals surface area contributed by atoms with Gasteiger partial charge in [-0.1, -0.05) is 32.0 Å². The number of rotatable bonds is 5. The van der Waals surface area contributed by atoms with E-state index < -0.39 is 0 Å². The highest BCUT2D eigenvalue weighted by Crippen LogP contribution is 2.12. The maximum atomic E-state index is 12.4. The van der Waals surface area contributed by atoms with E-state index in [4.69, 9.17) is 0 Å². The van der Waals surface area contributed by atoms with Gasteiger partial charge in [-0.15, -0.1) is 0 Å². The lowest BCUT2D eigenvalue weighted by atomic mass is 10.0. The number of benzene rings is 1. The van der Waals surface area contributed by atoms with Crippen molar-refractivity contribution < 1.29 is 4.79 Å². The molecule has 1 aromatic carbocycles. The number of aromatic nitrogens is 2. The van der Waals surface area contributed by atoms with Crippen molar-refractivity contribution in [1.29, 1.82) is 0 Å². The Morgan fingerprint density at radius 1 is 1.27 bits per heavy atom. The van der Waals surface area contributed by atoms with E-state index >= 15 is 0 Å². The summed E-state index contributed by atoms with van der Waals surface area (Å²) < 4.78 is 0. The van der Waals surface area contributed by atoms with Crippen molar-refractivity contribution in [3.8, 4) is 0 Å². The van der Waals surface area contributed by atoms with Crippen molar-refractivity contribution in [2.75, 3.05) is 20.6 Å². The van der Waals surface area contributed by atoms with Crippen LogP contribution in [0.15, 0.2) is 29.1 Å². The largest absolute Gasteiger partial charge is 0.349 e. The molecule has 6 nitrogen and oxygen atoms in total. The second-order valence-corrected chi connectivity index (χ2v) is 5.93. The number of carbonyl (C=O) groups excluding carboxylic acids is 1. The molecule has 2 aromatic rings. The summed E-state index contributed by atoms with van der Waals surface area (Å²) >= 11 is 0. The van der Waals surface area contributed by atoms with Crippen LogP contribution in [-0.4, -0.2) is 47.7 Å². The SMILES string of the molecule is CC(C)[C@H](CNC(=O)c1n[nH]c(=O)c2ccccc12)N(C)C. The molecule has 1 atom stereocenters. The predicted octanol–water partition coefficient (Wildman–Crippen LogP) is 1.24. The number of aromatic amines is 1. The number of likely N-dealkylation sites (N-methyl/N-ethyl adjacent to an activating group) is 1. The van der Waals surface area contributed by atoms with Crippen molar-refractivity contribution in [3.63, 3.8) is 0 Å². The van der Waals surface area contributed by atoms with Gasteiger partial charge in [-0.05, 0) is 26.1 Å². The highest BCUT2D eigenvalue weighted by Gasteiger charge is 2.19. The first kappa shape index (κ1) is 16.2. The maximum absolute atomic E-state index is 12.4. The molecule has 0 radical (unpaired) electrons. The Balaban J connectivity index is 2.24. The molecular weight excluding hydrogens is 280 g/mol. The molecule has 118 valence electrons. The lowest BCUT2D eigenvalue weighted by molar-refractivity contribution is 0.0930. The van der Waals surface area contributed by atoms with Crippen molar-refractivity contribution in [2.45, 2.75) is 19.9 Å². The van der Waals surface area contributed by atoms with Gasteiger partial charge < -0.3 is 10.2 Å². The standard InChI is InChI=1S/C16H22N4O2/c1-10(2)13(20(3)4)9-17-16(22)14-11-7-5-6-8-12(11)15(21)19-18-14/h5-8,10,13H,9H2,1-4H3,(H,17,22)(H,19,21)/t13-/m0/s1. The van der Waals surface area contributed by atoms with Crippen LogP contribution in [0.5, 0.6) is 0 Å². The zero-order chi connectivity index (χ0) is 16.3. The molecular formula is C16H22N4O2. The summed E-state index contributed by atoms with van der Waals surface area (Å²) in [4.78, 5) is 26.2. The van der Waals surface area contributed by atoms with Crippen LogP contribution in [0.4, 0.5) is 0 Å². The van der Waals surface area contributed by atoms with Crippen LogP contribution in [-0.2, 0) is 0 Å². The van der Waals surface area contributed by atoms with Gasteiger partial charge in [0.15, 0.2) is 5.69 Å². The highest BCUT2D eigenvalue weighted by molar-refractivity contribution is 6.04. The molecule has 0 unspecified atom stereocenters. The van der Waals surface area contributed by atoms with Gasteiger partial charge in [0.1, 0.15) is 0 Å². The van der Waals surface area contributed by atoms with E-state index in [1.54, 1.807) is 24.3 Å². The molecule has 0 spiro atoms. The first-order valence-electron chi connectivity index (χ1n) is 7.34. The molecule has 0 aliphatic rings. The fourth-order valence-electron chi connectivity index (χ4n) is 2.58. The van der Waals surface area contributed by atoms with Crippen LogP contribution < -0.4 is 10.9 Å². The Labute approximate surface area is 129 Å². The monoisotopic (exact) mass is 302 g/mol. The third-order valence-corrected chi connectivity index (χ3v) is 3.82. The molecule has 0 saturated carbocycles. The molecule has 6 heteroatoms. The lowest BCUT2D eigenvalue weighted by Crippen LogP contribution is -2.43. The predicted molar refractivity (Wildman–Crippen MR) is 87.0 cm³/mol. The van der Waals surface area contributed by atoms with E-state index in [0.717, 1.165) is 0 Å². The minimum atomic E-state index is -0.291. The second kappa shape index (κ2) is 6.70. The van der Waals surface area contributed by atoms with Gasteiger partial charge in [0, 0.05) is 18.0 Å². The summed E-state index contributed by atoms with van der Waals surface area (Å²) in [6.45, 7) is 4.76. The maximum Gasteiger partial charge on any atom is 0.272 e. The molecule has 0 fully saturated rings. The summed E-state index contributed by atoms with van der Waals surface area (Å²) in [5, 5.41) is 10.2. The number of carbonyl (C=O) groups is 1. The Bertz CT molecular complexity index is 713. The Kier molecular flexibility index (Phi) is 4.92. The van der Waals surface area contributed by atoms with E-state index in [1.807, 2.05) is 14.1 Å². The molecule has 0 saturated heterocycles. The number of hydrogen-bond acceptors (Lipinski definition) is 4. The van der Waals surface area contributed by atoms with E-state index in [1.165, 1.54) is 0 Å². The molecule has 0 aliphatic heterocycles. The van der Waals surface area contributed by atoms with Gasteiger partial charge in [-0.3, -0.25) is 9.59 Å². The van der Waals surface area contributed by atoms with Crippen LogP contribution >= 0.6 is 0 Å². The minimum absolute atomic E-state index is 0.234. The van der Waals surface area contributed by atoms with Gasteiger partial charge >= 0.3 is 0 Å². The molecule has 0 aliphatic carbocycles. The van der Waals surface area contributed by atoms with Crippen molar-refractivity contribution >= 4 is 16.7 Å². The van der Waals surface area contributed by atoms with Crippen LogP contribution in [0.1, 0.15) is 24.3 Å². The van der Waals surface area contributed by atoms with E-state index in [-0.39, 0.29) is 23.2 Å². The highest BCUT2D eigenvalue weighted by atomic mass is 16.2. The first-order chi connectivity index (χ1) is 10.4. The topological polar surface area (TPSA) is 78.1 Å². The number of amides is 1. The molecule has 1 heterocycles. The van der Waals surface area contributed by atoms with Gasteiger partial charge in [0.2, 0.25) is 0 Å². The Hall–Kier alpha value is -2.21. The summed E-state index contributed by atoms with van der Waals surface area (Å²) in [5.41, 5.74) is -0.0445.